The maximum atomic E-state index is 12.7. The number of thiophene rings is 1. The second-order valence-corrected chi connectivity index (χ2v) is 9.05. The molecular weight excluding hydrogens is 384 g/mol. The summed E-state index contributed by atoms with van der Waals surface area (Å²) >= 11 is 1.65. The van der Waals surface area contributed by atoms with Gasteiger partial charge in [0, 0.05) is 22.8 Å². The van der Waals surface area contributed by atoms with Crippen molar-refractivity contribution < 1.29 is 17.9 Å². The molecule has 2 aromatic rings. The lowest BCUT2D eigenvalue weighted by molar-refractivity contribution is 0.0948. The molecule has 0 saturated heterocycles. The topological polar surface area (TPSA) is 75.7 Å². The molecule has 1 aromatic heterocycles. The van der Waals surface area contributed by atoms with Crippen LogP contribution in [0.15, 0.2) is 35.2 Å². The Kier molecular flexibility index (Phi) is 7.41. The van der Waals surface area contributed by atoms with Crippen molar-refractivity contribution in [2.75, 3.05) is 20.2 Å². The molecule has 148 valence electrons. The highest BCUT2D eigenvalue weighted by Gasteiger charge is 2.24. The Labute approximate surface area is 165 Å². The van der Waals surface area contributed by atoms with Crippen LogP contribution in [0.1, 0.15) is 40.9 Å². The van der Waals surface area contributed by atoms with Crippen molar-refractivity contribution in [2.24, 2.45) is 0 Å². The van der Waals surface area contributed by atoms with Gasteiger partial charge in [-0.2, -0.15) is 4.31 Å². The lowest BCUT2D eigenvalue weighted by Gasteiger charge is -2.19. The van der Waals surface area contributed by atoms with Crippen LogP contribution in [0.3, 0.4) is 0 Å². The fourth-order valence-corrected chi connectivity index (χ4v) is 5.09. The largest absolute Gasteiger partial charge is 0.496 e. The molecule has 0 bridgehead atoms. The minimum atomic E-state index is -3.65. The van der Waals surface area contributed by atoms with E-state index in [1.165, 1.54) is 34.5 Å². The Hall–Kier alpha value is -1.90. The summed E-state index contributed by atoms with van der Waals surface area (Å²) in [5.41, 5.74) is 0.206. The summed E-state index contributed by atoms with van der Waals surface area (Å²) in [4.78, 5) is 15.1. The first-order valence-electron chi connectivity index (χ1n) is 8.91. The number of hydrogen-bond acceptors (Lipinski definition) is 5. The summed E-state index contributed by atoms with van der Waals surface area (Å²) in [7, 11) is -2.19. The van der Waals surface area contributed by atoms with Crippen LogP contribution in [0.2, 0.25) is 0 Å². The van der Waals surface area contributed by atoms with Crippen LogP contribution in [0.25, 0.3) is 0 Å². The maximum Gasteiger partial charge on any atom is 0.255 e. The van der Waals surface area contributed by atoms with Crippen LogP contribution in [0.4, 0.5) is 0 Å². The second kappa shape index (κ2) is 9.34. The van der Waals surface area contributed by atoms with E-state index >= 15 is 0 Å². The molecule has 1 N–H and O–H groups in total. The van der Waals surface area contributed by atoms with E-state index in [-0.39, 0.29) is 16.4 Å². The maximum absolute atomic E-state index is 12.7. The number of hydrogen-bond donors (Lipinski definition) is 1. The van der Waals surface area contributed by atoms with E-state index in [9.17, 15) is 13.2 Å². The van der Waals surface area contributed by atoms with Gasteiger partial charge in [0.2, 0.25) is 10.0 Å². The van der Waals surface area contributed by atoms with Gasteiger partial charge in [-0.3, -0.25) is 4.79 Å². The highest BCUT2D eigenvalue weighted by Crippen LogP contribution is 2.25. The number of amides is 1. The summed E-state index contributed by atoms with van der Waals surface area (Å²) in [5.74, 6) is -0.0266. The van der Waals surface area contributed by atoms with Crippen LogP contribution in [-0.4, -0.2) is 38.8 Å². The minimum absolute atomic E-state index is 0.0848. The molecule has 6 nitrogen and oxygen atoms in total. The van der Waals surface area contributed by atoms with Crippen molar-refractivity contribution in [1.29, 1.82) is 0 Å². The number of rotatable bonds is 9. The highest BCUT2D eigenvalue weighted by molar-refractivity contribution is 7.89. The number of ether oxygens (including phenoxy) is 1. The van der Waals surface area contributed by atoms with E-state index in [0.29, 0.717) is 25.4 Å². The van der Waals surface area contributed by atoms with Crippen LogP contribution >= 0.6 is 11.3 Å². The standard InChI is InChI=1S/C19H26N2O4S2/c1-5-14-8-9-15(26-14)13-20-19(22)17-12-16(10-11-18(17)25-4)27(23,24)21(6-2)7-3/h8-12H,5-7,13H2,1-4H3,(H,20,22). The third kappa shape index (κ3) is 4.88. The number of carbonyl (C=O) groups is 1. The molecule has 0 fully saturated rings. The van der Waals surface area contributed by atoms with E-state index in [2.05, 4.69) is 12.2 Å². The van der Waals surface area contributed by atoms with Gasteiger partial charge >= 0.3 is 0 Å². The first kappa shape index (κ1) is 21.4. The quantitative estimate of drug-likeness (QED) is 0.688. The molecule has 1 heterocycles. The molecule has 0 radical (unpaired) electrons. The molecule has 8 heteroatoms. The molecule has 1 amide bonds. The van der Waals surface area contributed by atoms with E-state index in [0.717, 1.165) is 11.3 Å². The zero-order chi connectivity index (χ0) is 20.0. The number of nitrogens with zero attached hydrogens (tertiary/aromatic N) is 1. The van der Waals surface area contributed by atoms with Gasteiger partial charge in [-0.1, -0.05) is 20.8 Å². The second-order valence-electron chi connectivity index (χ2n) is 5.86. The van der Waals surface area contributed by atoms with Crippen LogP contribution < -0.4 is 10.1 Å². The molecule has 0 atom stereocenters. The molecule has 0 aliphatic heterocycles. The van der Waals surface area contributed by atoms with E-state index in [4.69, 9.17) is 4.74 Å². The lowest BCUT2D eigenvalue weighted by Crippen LogP contribution is -2.31. The summed E-state index contributed by atoms with van der Waals surface area (Å²) < 4.78 is 32.1. The molecule has 2 rings (SSSR count). The van der Waals surface area contributed by atoms with E-state index < -0.39 is 10.0 Å². The van der Waals surface area contributed by atoms with Gasteiger partial charge in [0.05, 0.1) is 24.1 Å². The first-order chi connectivity index (χ1) is 12.9. The number of benzene rings is 1. The fourth-order valence-electron chi connectivity index (χ4n) is 2.71. The van der Waals surface area contributed by atoms with Crippen molar-refractivity contribution in [1.82, 2.24) is 9.62 Å². The van der Waals surface area contributed by atoms with Gasteiger partial charge < -0.3 is 10.1 Å². The van der Waals surface area contributed by atoms with Crippen LogP contribution in [0.5, 0.6) is 5.75 Å². The number of aryl methyl sites for hydroxylation is 1. The Bertz CT molecular complexity index is 887. The average Bonchev–Trinajstić information content (AvgIpc) is 3.14. The number of nitrogens with one attached hydrogen (secondary N) is 1. The molecule has 0 spiro atoms. The van der Waals surface area contributed by atoms with Crippen molar-refractivity contribution >= 4 is 27.3 Å². The van der Waals surface area contributed by atoms with Crippen molar-refractivity contribution in [2.45, 2.75) is 38.6 Å². The Morgan fingerprint density at radius 1 is 1.11 bits per heavy atom. The molecule has 1 aromatic carbocycles. The molecule has 0 saturated carbocycles. The van der Waals surface area contributed by atoms with Crippen LogP contribution in [-0.2, 0) is 23.0 Å². The smallest absolute Gasteiger partial charge is 0.255 e. The predicted octanol–water partition coefficient (Wildman–Crippen LogP) is 3.28. The van der Waals surface area contributed by atoms with Gasteiger partial charge in [0.1, 0.15) is 5.75 Å². The zero-order valence-electron chi connectivity index (χ0n) is 16.1. The van der Waals surface area contributed by atoms with Gasteiger partial charge in [-0.05, 0) is 36.8 Å². The minimum Gasteiger partial charge on any atom is -0.496 e. The van der Waals surface area contributed by atoms with E-state index in [1.807, 2.05) is 12.1 Å². The van der Waals surface area contributed by atoms with Gasteiger partial charge in [0.25, 0.3) is 5.91 Å². The normalized spacial score (nSPS) is 11.6. The van der Waals surface area contributed by atoms with Gasteiger partial charge in [-0.15, -0.1) is 11.3 Å². The lowest BCUT2D eigenvalue weighted by atomic mass is 10.2. The average molecular weight is 411 g/mol. The summed E-state index contributed by atoms with van der Waals surface area (Å²) in [6.45, 7) is 6.77. The number of sulfonamides is 1. The Morgan fingerprint density at radius 2 is 1.78 bits per heavy atom. The van der Waals surface area contributed by atoms with Crippen molar-refractivity contribution in [3.63, 3.8) is 0 Å². The Morgan fingerprint density at radius 3 is 2.33 bits per heavy atom. The third-order valence-corrected chi connectivity index (χ3v) is 7.52. The molecule has 0 aliphatic rings. The molecule has 27 heavy (non-hydrogen) atoms. The monoisotopic (exact) mass is 410 g/mol. The van der Waals surface area contributed by atoms with Gasteiger partial charge in [-0.25, -0.2) is 8.42 Å². The highest BCUT2D eigenvalue weighted by atomic mass is 32.2. The molecular formula is C19H26N2O4S2. The van der Waals surface area contributed by atoms with Crippen molar-refractivity contribution in [3.8, 4) is 5.75 Å². The molecule has 0 aliphatic carbocycles. The summed E-state index contributed by atoms with van der Waals surface area (Å²) in [6, 6.07) is 8.40. The predicted molar refractivity (Wildman–Crippen MR) is 108 cm³/mol. The fraction of sp³-hybridized carbons (Fsp3) is 0.421. The summed E-state index contributed by atoms with van der Waals surface area (Å²) in [6.07, 6.45) is 0.956. The first-order valence-corrected chi connectivity index (χ1v) is 11.2. The van der Waals surface area contributed by atoms with E-state index in [1.54, 1.807) is 25.2 Å². The number of methoxy groups -OCH3 is 1. The number of carbonyl (C=O) groups excluding carboxylic acids is 1. The summed E-state index contributed by atoms with van der Waals surface area (Å²) in [5, 5.41) is 2.85. The third-order valence-electron chi connectivity index (χ3n) is 4.25. The van der Waals surface area contributed by atoms with Crippen molar-refractivity contribution in [3.05, 3.63) is 45.6 Å². The molecule has 0 unspecified atom stereocenters. The zero-order valence-corrected chi connectivity index (χ0v) is 17.7. The van der Waals surface area contributed by atoms with Gasteiger partial charge in [0.15, 0.2) is 0 Å². The SMILES string of the molecule is CCc1ccc(CNC(=O)c2cc(S(=O)(=O)N(CC)CC)ccc2OC)s1. The van der Waals surface area contributed by atoms with Crippen LogP contribution in [0, 0.1) is 0 Å². The Balaban J connectivity index is 2.27.